The molecule has 7 heteroatoms. The first kappa shape index (κ1) is 14.4. The van der Waals surface area contributed by atoms with Crippen LogP contribution in [0.3, 0.4) is 0 Å². The van der Waals surface area contributed by atoms with Crippen LogP contribution in [0.1, 0.15) is 51.7 Å². The molecule has 2 heterocycles. The van der Waals surface area contributed by atoms with E-state index in [0.717, 1.165) is 11.3 Å². The van der Waals surface area contributed by atoms with E-state index >= 15 is 0 Å². The molecule has 0 saturated carbocycles. The van der Waals surface area contributed by atoms with E-state index in [1.807, 2.05) is 34.6 Å². The van der Waals surface area contributed by atoms with Crippen molar-refractivity contribution < 1.29 is 9.32 Å². The average Bonchev–Trinajstić information content (AvgIpc) is 2.98. The van der Waals surface area contributed by atoms with Crippen LogP contribution in [0.15, 0.2) is 10.8 Å². The molecule has 0 radical (unpaired) electrons. The predicted molar refractivity (Wildman–Crippen MR) is 71.1 cm³/mol. The summed E-state index contributed by atoms with van der Waals surface area (Å²) < 4.78 is 5.09. The van der Waals surface area contributed by atoms with E-state index in [0.29, 0.717) is 5.82 Å². The summed E-state index contributed by atoms with van der Waals surface area (Å²) >= 11 is 0. The Morgan fingerprint density at radius 3 is 2.55 bits per heavy atom. The van der Waals surface area contributed by atoms with Crippen LogP contribution in [0.25, 0.3) is 0 Å². The van der Waals surface area contributed by atoms with Gasteiger partial charge < -0.3 is 4.52 Å². The van der Waals surface area contributed by atoms with E-state index in [1.165, 1.54) is 0 Å². The molecule has 0 atom stereocenters. The van der Waals surface area contributed by atoms with Crippen molar-refractivity contribution in [3.8, 4) is 0 Å². The van der Waals surface area contributed by atoms with Crippen LogP contribution < -0.4 is 0 Å². The Morgan fingerprint density at radius 2 is 2.00 bits per heavy atom. The van der Waals surface area contributed by atoms with Crippen molar-refractivity contribution >= 4 is 5.78 Å². The fourth-order valence-corrected chi connectivity index (χ4v) is 1.99. The number of carbonyl (C=O) groups excluding carboxylic acids is 1. The van der Waals surface area contributed by atoms with Gasteiger partial charge in [0.15, 0.2) is 11.6 Å². The summed E-state index contributed by atoms with van der Waals surface area (Å²) in [5.41, 5.74) is 0.692. The molecule has 0 fully saturated rings. The summed E-state index contributed by atoms with van der Waals surface area (Å²) in [6, 6.07) is 0. The first-order valence-electron chi connectivity index (χ1n) is 6.44. The summed E-state index contributed by atoms with van der Waals surface area (Å²) in [5.74, 6) is 0.379. The molecule has 0 unspecified atom stereocenters. The van der Waals surface area contributed by atoms with Crippen LogP contribution in [0.4, 0.5) is 0 Å². The highest BCUT2D eigenvalue weighted by Gasteiger charge is 2.37. The summed E-state index contributed by atoms with van der Waals surface area (Å²) in [5, 5.41) is 17.5. The Bertz CT molecular complexity index is 593. The second-order valence-electron chi connectivity index (χ2n) is 6.38. The van der Waals surface area contributed by atoms with Gasteiger partial charge in [0.2, 0.25) is 0 Å². The third kappa shape index (κ3) is 2.61. The third-order valence-electron chi connectivity index (χ3n) is 3.36. The minimum atomic E-state index is -0.719. The van der Waals surface area contributed by atoms with Crippen molar-refractivity contribution in [2.75, 3.05) is 0 Å². The lowest BCUT2D eigenvalue weighted by Crippen LogP contribution is -2.33. The maximum absolute atomic E-state index is 12.5. The van der Waals surface area contributed by atoms with Crippen LogP contribution in [-0.2, 0) is 22.0 Å². The van der Waals surface area contributed by atoms with Gasteiger partial charge in [-0.1, -0.05) is 31.1 Å². The van der Waals surface area contributed by atoms with Gasteiger partial charge in [0, 0.05) is 11.0 Å². The highest BCUT2D eigenvalue weighted by Crippen LogP contribution is 2.34. The fraction of sp³-hybridized carbons (Fsp3) is 0.615. The molecule has 0 spiro atoms. The first-order valence-corrected chi connectivity index (χ1v) is 6.44. The van der Waals surface area contributed by atoms with Gasteiger partial charge in [-0.25, -0.2) is 0 Å². The highest BCUT2D eigenvalue weighted by molar-refractivity contribution is 5.90. The molecule has 1 N–H and O–H groups in total. The predicted octanol–water partition coefficient (Wildman–Crippen LogP) is 1.57. The summed E-state index contributed by atoms with van der Waals surface area (Å²) in [7, 11) is 0. The van der Waals surface area contributed by atoms with Gasteiger partial charge in [-0.05, 0) is 13.8 Å². The third-order valence-corrected chi connectivity index (χ3v) is 3.36. The van der Waals surface area contributed by atoms with Gasteiger partial charge in [0.05, 0.1) is 17.5 Å². The molecule has 0 aromatic carbocycles. The first-order chi connectivity index (χ1) is 9.23. The molecule has 0 amide bonds. The number of hydrogen-bond acceptors (Lipinski definition) is 6. The lowest BCUT2D eigenvalue weighted by molar-refractivity contribution is -0.123. The number of nitrogens with one attached hydrogen (secondary N) is 1. The van der Waals surface area contributed by atoms with Gasteiger partial charge in [0.1, 0.15) is 6.26 Å². The smallest absolute Gasteiger partial charge is 0.181 e. The van der Waals surface area contributed by atoms with E-state index in [-0.39, 0.29) is 17.6 Å². The zero-order valence-electron chi connectivity index (χ0n) is 12.4. The molecule has 0 aliphatic carbocycles. The van der Waals surface area contributed by atoms with E-state index in [1.54, 1.807) is 6.26 Å². The zero-order valence-corrected chi connectivity index (χ0v) is 12.4. The Kier molecular flexibility index (Phi) is 3.45. The number of aromatic nitrogens is 5. The normalized spacial score (nSPS) is 12.7. The molecule has 0 aliphatic rings. The van der Waals surface area contributed by atoms with Crippen molar-refractivity contribution in [3.63, 3.8) is 0 Å². The van der Waals surface area contributed by atoms with Crippen LogP contribution in [0.5, 0.6) is 0 Å². The lowest BCUT2D eigenvalue weighted by atomic mass is 9.75. The summed E-state index contributed by atoms with van der Waals surface area (Å²) in [4.78, 5) is 12.5. The number of carbonyl (C=O) groups is 1. The number of aromatic amines is 1. The monoisotopic (exact) mass is 277 g/mol. The Balaban J connectivity index is 2.30. The van der Waals surface area contributed by atoms with Crippen molar-refractivity contribution in [3.05, 3.63) is 23.3 Å². The summed E-state index contributed by atoms with van der Waals surface area (Å²) in [6.07, 6.45) is 1.67. The number of tetrazole rings is 1. The highest BCUT2D eigenvalue weighted by atomic mass is 16.5. The van der Waals surface area contributed by atoms with Crippen molar-refractivity contribution in [2.24, 2.45) is 0 Å². The molecule has 20 heavy (non-hydrogen) atoms. The second-order valence-corrected chi connectivity index (χ2v) is 6.38. The Morgan fingerprint density at radius 1 is 1.30 bits per heavy atom. The summed E-state index contributed by atoms with van der Waals surface area (Å²) in [6.45, 7) is 9.82. The van der Waals surface area contributed by atoms with E-state index in [2.05, 4.69) is 25.8 Å². The van der Waals surface area contributed by atoms with Crippen LogP contribution in [0.2, 0.25) is 0 Å². The fourth-order valence-electron chi connectivity index (χ4n) is 1.99. The minimum Gasteiger partial charge on any atom is -0.364 e. The molecule has 0 aliphatic heterocycles. The molecule has 2 aromatic rings. The van der Waals surface area contributed by atoms with Gasteiger partial charge in [0.25, 0.3) is 0 Å². The molecular weight excluding hydrogens is 258 g/mol. The zero-order chi connectivity index (χ0) is 15.0. The molecular formula is C13H19N5O2. The topological polar surface area (TPSA) is 97.6 Å². The Labute approximate surface area is 117 Å². The maximum Gasteiger partial charge on any atom is 0.181 e. The van der Waals surface area contributed by atoms with E-state index in [9.17, 15) is 4.79 Å². The SMILES string of the molecule is CC(C)(C)c1nocc1C(C)(C)C(=O)Cc1nn[nH]n1. The average molecular weight is 277 g/mol. The minimum absolute atomic E-state index is 0.00685. The molecule has 108 valence electrons. The second kappa shape index (κ2) is 4.81. The van der Waals surface area contributed by atoms with Crippen molar-refractivity contribution in [1.29, 1.82) is 0 Å². The standard InChI is InChI=1S/C13H19N5O2/c1-12(2,3)11-8(7-20-16-11)13(4,5)9(19)6-10-14-17-18-15-10/h7H,6H2,1-5H3,(H,14,15,17,18). The van der Waals surface area contributed by atoms with E-state index < -0.39 is 5.41 Å². The number of Topliss-reactive ketones (excluding diaryl/α,β-unsaturated/α-hetero) is 1. The molecule has 2 aromatic heterocycles. The number of nitrogens with zero attached hydrogens (tertiary/aromatic N) is 4. The Hall–Kier alpha value is -2.05. The quantitative estimate of drug-likeness (QED) is 0.911. The maximum atomic E-state index is 12.5. The van der Waals surface area contributed by atoms with E-state index in [4.69, 9.17) is 4.52 Å². The number of ketones is 1. The van der Waals surface area contributed by atoms with Gasteiger partial charge in [-0.15, -0.1) is 10.2 Å². The van der Waals surface area contributed by atoms with Crippen LogP contribution >= 0.6 is 0 Å². The van der Waals surface area contributed by atoms with Crippen molar-refractivity contribution in [2.45, 2.75) is 51.9 Å². The number of rotatable bonds is 4. The molecule has 7 nitrogen and oxygen atoms in total. The van der Waals surface area contributed by atoms with Gasteiger partial charge >= 0.3 is 0 Å². The molecule has 0 saturated heterocycles. The lowest BCUT2D eigenvalue weighted by Gasteiger charge is -2.26. The number of hydrogen-bond donors (Lipinski definition) is 1. The molecule has 0 bridgehead atoms. The van der Waals surface area contributed by atoms with Crippen LogP contribution in [-0.4, -0.2) is 31.6 Å². The van der Waals surface area contributed by atoms with Gasteiger partial charge in [-0.3, -0.25) is 4.79 Å². The van der Waals surface area contributed by atoms with Crippen LogP contribution in [0, 0.1) is 0 Å². The number of H-pyrrole nitrogens is 1. The largest absolute Gasteiger partial charge is 0.364 e. The van der Waals surface area contributed by atoms with Gasteiger partial charge in [-0.2, -0.15) is 5.21 Å². The van der Waals surface area contributed by atoms with Crippen molar-refractivity contribution in [1.82, 2.24) is 25.8 Å². The molecule has 2 rings (SSSR count).